The fraction of sp³-hybridized carbons (Fsp3) is 0. The van der Waals surface area contributed by atoms with Crippen molar-refractivity contribution in [3.05, 3.63) is 206 Å². The zero-order chi connectivity index (χ0) is 36.3. The van der Waals surface area contributed by atoms with Gasteiger partial charge in [-0.2, -0.15) is 0 Å². The molecular weight excluding hydrogens is 665 g/mol. The first-order valence-corrected chi connectivity index (χ1v) is 18.9. The predicted octanol–water partition coefficient (Wildman–Crippen LogP) is 14.3. The molecule has 0 saturated carbocycles. The van der Waals surface area contributed by atoms with E-state index < -0.39 is 0 Å². The first kappa shape index (κ1) is 31.3. The van der Waals surface area contributed by atoms with Crippen LogP contribution in [0.1, 0.15) is 0 Å². The Kier molecular flexibility index (Phi) is 7.21. The molecule has 2 nitrogen and oxygen atoms in total. The summed E-state index contributed by atoms with van der Waals surface area (Å²) in [6.07, 6.45) is 2.06. The highest BCUT2D eigenvalue weighted by Gasteiger charge is 2.19. The summed E-state index contributed by atoms with van der Waals surface area (Å²) < 4.78 is 2.38. The second-order valence-corrected chi connectivity index (χ2v) is 14.3. The number of rotatable bonds is 5. The SMILES string of the molecule is c1ccc(-c2ccc(-c3c4ccccc4c(-c4ccc(-c5ccc6c(c5)c5c7ccccc7ccc5n6-c5ccccc5)nc4)c4ccccc34)cc2)cc1. The summed E-state index contributed by atoms with van der Waals surface area (Å²) in [5, 5.41) is 9.91. The van der Waals surface area contributed by atoms with Gasteiger partial charge in [-0.15, -0.1) is 0 Å². The van der Waals surface area contributed by atoms with Crippen LogP contribution in [0, 0.1) is 0 Å². The standard InChI is InChI=1S/C53H34N2/c1-3-13-35(14-4-1)36-23-25-38(26-24-36)51-43-19-9-11-21-45(43)52(46-22-12-10-20-44(46)51)40-27-30-48(54-34-40)39-29-31-49-47(33-39)53-42-18-8-7-15-37(42)28-32-50(53)55(49)41-16-5-2-6-17-41/h1-34H. The molecule has 11 rings (SSSR count). The summed E-state index contributed by atoms with van der Waals surface area (Å²) in [6.45, 7) is 0. The molecule has 0 bridgehead atoms. The van der Waals surface area contributed by atoms with Gasteiger partial charge in [0.05, 0.1) is 16.7 Å². The van der Waals surface area contributed by atoms with E-state index in [1.165, 1.54) is 81.9 Å². The van der Waals surface area contributed by atoms with Gasteiger partial charge in [0, 0.05) is 33.8 Å². The zero-order valence-electron chi connectivity index (χ0n) is 30.0. The van der Waals surface area contributed by atoms with E-state index in [9.17, 15) is 0 Å². The molecule has 2 aromatic heterocycles. The molecule has 0 N–H and O–H groups in total. The van der Waals surface area contributed by atoms with Gasteiger partial charge in [0.1, 0.15) is 0 Å². The highest BCUT2D eigenvalue weighted by Crippen LogP contribution is 2.44. The molecule has 0 atom stereocenters. The van der Waals surface area contributed by atoms with Crippen LogP contribution in [0.3, 0.4) is 0 Å². The molecular formula is C53H34N2. The lowest BCUT2D eigenvalue weighted by Gasteiger charge is -2.18. The maximum atomic E-state index is 5.17. The van der Waals surface area contributed by atoms with Crippen LogP contribution < -0.4 is 0 Å². The number of aromatic nitrogens is 2. The molecule has 0 spiro atoms. The van der Waals surface area contributed by atoms with Gasteiger partial charge in [-0.25, -0.2) is 0 Å². The molecule has 0 fully saturated rings. The minimum atomic E-state index is 0.954. The summed E-state index contributed by atoms with van der Waals surface area (Å²) in [6, 6.07) is 72.3. The first-order valence-electron chi connectivity index (χ1n) is 18.9. The second-order valence-electron chi connectivity index (χ2n) is 14.3. The summed E-state index contributed by atoms with van der Waals surface area (Å²) in [4.78, 5) is 5.17. The Labute approximate surface area is 319 Å². The lowest BCUT2D eigenvalue weighted by Crippen LogP contribution is -1.93. The third-order valence-electron chi connectivity index (χ3n) is 11.2. The Hall–Kier alpha value is -7.29. The van der Waals surface area contributed by atoms with Crippen molar-refractivity contribution in [2.24, 2.45) is 0 Å². The zero-order valence-corrected chi connectivity index (χ0v) is 30.0. The van der Waals surface area contributed by atoms with E-state index in [-0.39, 0.29) is 0 Å². The third-order valence-corrected chi connectivity index (χ3v) is 11.2. The number of para-hydroxylation sites is 1. The van der Waals surface area contributed by atoms with Crippen LogP contribution in [0.15, 0.2) is 206 Å². The molecule has 2 heterocycles. The maximum Gasteiger partial charge on any atom is 0.0702 e. The van der Waals surface area contributed by atoms with Crippen LogP contribution in [-0.4, -0.2) is 9.55 Å². The van der Waals surface area contributed by atoms with Gasteiger partial charge in [0.2, 0.25) is 0 Å². The van der Waals surface area contributed by atoms with Gasteiger partial charge in [0.25, 0.3) is 0 Å². The van der Waals surface area contributed by atoms with Crippen LogP contribution in [-0.2, 0) is 0 Å². The number of hydrogen-bond donors (Lipinski definition) is 0. The number of hydrogen-bond acceptors (Lipinski definition) is 1. The van der Waals surface area contributed by atoms with E-state index in [0.29, 0.717) is 0 Å². The van der Waals surface area contributed by atoms with Crippen molar-refractivity contribution in [2.45, 2.75) is 0 Å². The van der Waals surface area contributed by atoms with Gasteiger partial charge in [-0.1, -0.05) is 164 Å². The molecule has 0 aliphatic heterocycles. The van der Waals surface area contributed by atoms with Gasteiger partial charge in [-0.3, -0.25) is 4.98 Å². The smallest absolute Gasteiger partial charge is 0.0702 e. The first-order chi connectivity index (χ1) is 27.3. The van der Waals surface area contributed by atoms with Crippen molar-refractivity contribution < 1.29 is 0 Å². The van der Waals surface area contributed by atoms with E-state index in [1.54, 1.807) is 0 Å². The summed E-state index contributed by atoms with van der Waals surface area (Å²) in [7, 11) is 0. The van der Waals surface area contributed by atoms with E-state index in [2.05, 4.69) is 211 Å². The van der Waals surface area contributed by atoms with Crippen molar-refractivity contribution >= 4 is 54.1 Å². The molecule has 0 radical (unpaired) electrons. The number of benzene rings is 9. The minimum Gasteiger partial charge on any atom is -0.309 e. The summed E-state index contributed by atoms with van der Waals surface area (Å²) in [5.74, 6) is 0. The minimum absolute atomic E-state index is 0.954. The molecule has 0 unspecified atom stereocenters. The normalized spacial score (nSPS) is 11.6. The molecule has 0 aliphatic rings. The Morgan fingerprint density at radius 1 is 0.327 bits per heavy atom. The van der Waals surface area contributed by atoms with E-state index in [1.807, 2.05) is 0 Å². The predicted molar refractivity (Wildman–Crippen MR) is 233 cm³/mol. The van der Waals surface area contributed by atoms with Crippen LogP contribution in [0.2, 0.25) is 0 Å². The molecule has 0 aliphatic carbocycles. The molecule has 0 amide bonds. The summed E-state index contributed by atoms with van der Waals surface area (Å²) >= 11 is 0. The van der Waals surface area contributed by atoms with E-state index >= 15 is 0 Å². The van der Waals surface area contributed by atoms with Crippen LogP contribution in [0.4, 0.5) is 0 Å². The largest absolute Gasteiger partial charge is 0.309 e. The van der Waals surface area contributed by atoms with Crippen LogP contribution in [0.5, 0.6) is 0 Å². The fourth-order valence-corrected chi connectivity index (χ4v) is 8.73. The summed E-state index contributed by atoms with van der Waals surface area (Å²) in [5.41, 5.74) is 12.8. The number of fused-ring (bicyclic) bond motifs is 7. The van der Waals surface area contributed by atoms with Crippen LogP contribution >= 0.6 is 0 Å². The Morgan fingerprint density at radius 2 is 0.836 bits per heavy atom. The van der Waals surface area contributed by atoms with Gasteiger partial charge in [-0.05, 0) is 96.5 Å². The molecule has 256 valence electrons. The van der Waals surface area contributed by atoms with E-state index in [0.717, 1.165) is 22.5 Å². The third kappa shape index (κ3) is 5.07. The van der Waals surface area contributed by atoms with Crippen molar-refractivity contribution in [1.29, 1.82) is 0 Å². The monoisotopic (exact) mass is 698 g/mol. The average Bonchev–Trinajstić information content (AvgIpc) is 3.60. The molecule has 0 saturated heterocycles. The molecule has 11 aromatic rings. The molecule has 2 heteroatoms. The molecule has 55 heavy (non-hydrogen) atoms. The Bertz CT molecular complexity index is 3160. The highest BCUT2D eigenvalue weighted by atomic mass is 15.0. The number of nitrogens with zero attached hydrogens (tertiary/aromatic N) is 2. The van der Waals surface area contributed by atoms with Crippen molar-refractivity contribution in [3.63, 3.8) is 0 Å². The Morgan fingerprint density at radius 3 is 1.49 bits per heavy atom. The highest BCUT2D eigenvalue weighted by molar-refractivity contribution is 6.23. The van der Waals surface area contributed by atoms with E-state index in [4.69, 9.17) is 4.98 Å². The fourth-order valence-electron chi connectivity index (χ4n) is 8.73. The number of pyridine rings is 1. The van der Waals surface area contributed by atoms with Crippen molar-refractivity contribution in [3.8, 4) is 50.3 Å². The Balaban J connectivity index is 1.05. The van der Waals surface area contributed by atoms with Gasteiger partial charge >= 0.3 is 0 Å². The van der Waals surface area contributed by atoms with Crippen molar-refractivity contribution in [1.82, 2.24) is 9.55 Å². The maximum absolute atomic E-state index is 5.17. The van der Waals surface area contributed by atoms with Gasteiger partial charge in [0.15, 0.2) is 0 Å². The van der Waals surface area contributed by atoms with Crippen LogP contribution in [0.25, 0.3) is 104 Å². The van der Waals surface area contributed by atoms with Gasteiger partial charge < -0.3 is 4.57 Å². The molecule has 9 aromatic carbocycles. The second kappa shape index (κ2) is 12.7. The quantitative estimate of drug-likeness (QED) is 0.164. The average molecular weight is 699 g/mol. The lowest BCUT2D eigenvalue weighted by atomic mass is 9.86. The lowest BCUT2D eigenvalue weighted by molar-refractivity contribution is 1.18. The van der Waals surface area contributed by atoms with Crippen molar-refractivity contribution in [2.75, 3.05) is 0 Å². The topological polar surface area (TPSA) is 17.8 Å².